The molecule has 2 atom stereocenters. The Balaban J connectivity index is 1.90. The zero-order valence-electron chi connectivity index (χ0n) is 9.29. The van der Waals surface area contributed by atoms with E-state index in [-0.39, 0.29) is 0 Å². The van der Waals surface area contributed by atoms with E-state index in [4.69, 9.17) is 0 Å². The Morgan fingerprint density at radius 2 is 2.60 bits per heavy atom. The summed E-state index contributed by atoms with van der Waals surface area (Å²) in [5, 5.41) is 7.07. The first-order chi connectivity index (χ1) is 7.40. The zero-order valence-corrected chi connectivity index (χ0v) is 9.29. The first-order valence-corrected chi connectivity index (χ1v) is 5.86. The van der Waals surface area contributed by atoms with Crippen molar-refractivity contribution in [3.8, 4) is 0 Å². The van der Waals surface area contributed by atoms with Gasteiger partial charge < -0.3 is 15.6 Å². The molecule has 0 aliphatic carbocycles. The third kappa shape index (κ3) is 2.79. The van der Waals surface area contributed by atoms with E-state index in [0.29, 0.717) is 12.1 Å². The molecule has 0 radical (unpaired) electrons. The van der Waals surface area contributed by atoms with Gasteiger partial charge in [0.1, 0.15) is 5.82 Å². The smallest absolute Gasteiger partial charge is 0.123 e. The molecule has 1 aromatic rings. The Kier molecular flexibility index (Phi) is 3.75. The highest BCUT2D eigenvalue weighted by Crippen LogP contribution is 2.14. The Morgan fingerprint density at radius 3 is 3.20 bits per heavy atom. The number of imidazole rings is 1. The molecule has 2 rings (SSSR count). The monoisotopic (exact) mass is 208 g/mol. The number of piperidine rings is 1. The molecule has 15 heavy (non-hydrogen) atoms. The van der Waals surface area contributed by atoms with Gasteiger partial charge in [0.2, 0.25) is 0 Å². The lowest BCUT2D eigenvalue weighted by molar-refractivity contribution is 0.342. The maximum atomic E-state index is 4.31. The maximum absolute atomic E-state index is 4.31. The van der Waals surface area contributed by atoms with E-state index in [1.807, 2.05) is 12.4 Å². The molecule has 4 heteroatoms. The van der Waals surface area contributed by atoms with Gasteiger partial charge in [-0.3, -0.25) is 0 Å². The number of hydrogen-bond donors (Lipinski definition) is 3. The SMILES string of the molecule is CCC(NC1CCCNC1)c1ncc[nH]1. The van der Waals surface area contributed by atoms with Gasteiger partial charge >= 0.3 is 0 Å². The lowest BCUT2D eigenvalue weighted by Gasteiger charge is -2.27. The van der Waals surface area contributed by atoms with Gasteiger partial charge in [0, 0.05) is 25.0 Å². The average molecular weight is 208 g/mol. The predicted molar refractivity (Wildman–Crippen MR) is 60.6 cm³/mol. The van der Waals surface area contributed by atoms with E-state index >= 15 is 0 Å². The van der Waals surface area contributed by atoms with Crippen molar-refractivity contribution in [1.29, 1.82) is 0 Å². The van der Waals surface area contributed by atoms with Crippen LogP contribution in [0.25, 0.3) is 0 Å². The number of aromatic amines is 1. The molecule has 1 saturated heterocycles. The Morgan fingerprint density at radius 1 is 1.67 bits per heavy atom. The van der Waals surface area contributed by atoms with Crippen molar-refractivity contribution in [3.05, 3.63) is 18.2 Å². The van der Waals surface area contributed by atoms with Crippen molar-refractivity contribution >= 4 is 0 Å². The number of nitrogens with one attached hydrogen (secondary N) is 3. The molecule has 0 amide bonds. The highest BCUT2D eigenvalue weighted by atomic mass is 15.1. The summed E-state index contributed by atoms with van der Waals surface area (Å²) in [7, 11) is 0. The molecule has 0 saturated carbocycles. The standard InChI is InChI=1S/C11H20N4/c1-2-10(11-13-6-7-14-11)15-9-4-3-5-12-8-9/h6-7,9-10,12,15H,2-5,8H2,1H3,(H,13,14). The third-order valence-corrected chi connectivity index (χ3v) is 2.99. The second-order valence-corrected chi connectivity index (χ2v) is 4.15. The van der Waals surface area contributed by atoms with Crippen molar-refractivity contribution < 1.29 is 0 Å². The molecule has 1 aromatic heterocycles. The van der Waals surface area contributed by atoms with Crippen LogP contribution >= 0.6 is 0 Å². The third-order valence-electron chi connectivity index (χ3n) is 2.99. The highest BCUT2D eigenvalue weighted by molar-refractivity contribution is 4.96. The normalized spacial score (nSPS) is 23.9. The second-order valence-electron chi connectivity index (χ2n) is 4.15. The number of hydrogen-bond acceptors (Lipinski definition) is 3. The minimum absolute atomic E-state index is 0.366. The summed E-state index contributed by atoms with van der Waals surface area (Å²) in [6.07, 6.45) is 7.32. The van der Waals surface area contributed by atoms with Crippen molar-refractivity contribution in [2.75, 3.05) is 13.1 Å². The van der Waals surface area contributed by atoms with Crippen LogP contribution in [0.1, 0.15) is 38.1 Å². The van der Waals surface area contributed by atoms with Crippen LogP contribution in [0, 0.1) is 0 Å². The summed E-state index contributed by atoms with van der Waals surface area (Å²) in [6.45, 7) is 4.43. The molecule has 84 valence electrons. The van der Waals surface area contributed by atoms with Gasteiger partial charge in [0.15, 0.2) is 0 Å². The summed E-state index contributed by atoms with van der Waals surface area (Å²) in [5.41, 5.74) is 0. The molecule has 1 fully saturated rings. The van der Waals surface area contributed by atoms with Gasteiger partial charge in [0.25, 0.3) is 0 Å². The number of nitrogens with zero attached hydrogens (tertiary/aromatic N) is 1. The fraction of sp³-hybridized carbons (Fsp3) is 0.727. The highest BCUT2D eigenvalue weighted by Gasteiger charge is 2.18. The minimum Gasteiger partial charge on any atom is -0.347 e. The molecule has 1 aliphatic heterocycles. The van der Waals surface area contributed by atoms with Crippen LogP contribution in [0.4, 0.5) is 0 Å². The quantitative estimate of drug-likeness (QED) is 0.697. The van der Waals surface area contributed by atoms with E-state index in [0.717, 1.165) is 25.3 Å². The van der Waals surface area contributed by atoms with E-state index < -0.39 is 0 Å². The summed E-state index contributed by atoms with van der Waals surface area (Å²) in [6, 6.07) is 0.957. The molecule has 4 nitrogen and oxygen atoms in total. The Labute approximate surface area is 90.9 Å². The lowest BCUT2D eigenvalue weighted by Crippen LogP contribution is -2.44. The number of rotatable bonds is 4. The predicted octanol–water partition coefficient (Wildman–Crippen LogP) is 1.20. The summed E-state index contributed by atoms with van der Waals surface area (Å²) in [5.74, 6) is 1.06. The first-order valence-electron chi connectivity index (χ1n) is 5.86. The Hall–Kier alpha value is -0.870. The largest absolute Gasteiger partial charge is 0.347 e. The van der Waals surface area contributed by atoms with Crippen molar-refractivity contribution in [2.24, 2.45) is 0 Å². The van der Waals surface area contributed by atoms with Crippen LogP contribution in [-0.4, -0.2) is 29.1 Å². The summed E-state index contributed by atoms with van der Waals surface area (Å²) >= 11 is 0. The van der Waals surface area contributed by atoms with Crippen LogP contribution in [-0.2, 0) is 0 Å². The molecule has 0 bridgehead atoms. The van der Waals surface area contributed by atoms with Gasteiger partial charge in [-0.15, -0.1) is 0 Å². The van der Waals surface area contributed by atoms with Gasteiger partial charge in [-0.2, -0.15) is 0 Å². The fourth-order valence-electron chi connectivity index (χ4n) is 2.14. The van der Waals surface area contributed by atoms with Crippen LogP contribution in [0.15, 0.2) is 12.4 Å². The molecule has 2 unspecified atom stereocenters. The lowest BCUT2D eigenvalue weighted by atomic mass is 10.1. The molecule has 0 spiro atoms. The Bertz CT molecular complexity index is 264. The van der Waals surface area contributed by atoms with E-state index in [9.17, 15) is 0 Å². The van der Waals surface area contributed by atoms with Gasteiger partial charge in [-0.25, -0.2) is 4.98 Å². The topological polar surface area (TPSA) is 52.7 Å². The van der Waals surface area contributed by atoms with Crippen LogP contribution in [0.2, 0.25) is 0 Å². The van der Waals surface area contributed by atoms with Crippen molar-refractivity contribution in [2.45, 2.75) is 38.3 Å². The molecule has 2 heterocycles. The van der Waals surface area contributed by atoms with E-state index in [1.54, 1.807) is 0 Å². The van der Waals surface area contributed by atoms with E-state index in [2.05, 4.69) is 27.5 Å². The number of H-pyrrole nitrogens is 1. The molecular formula is C11H20N4. The zero-order chi connectivity index (χ0) is 10.5. The summed E-state index contributed by atoms with van der Waals surface area (Å²) in [4.78, 5) is 7.50. The van der Waals surface area contributed by atoms with Gasteiger partial charge in [-0.1, -0.05) is 6.92 Å². The molecular weight excluding hydrogens is 188 g/mol. The van der Waals surface area contributed by atoms with Crippen molar-refractivity contribution in [1.82, 2.24) is 20.6 Å². The fourth-order valence-corrected chi connectivity index (χ4v) is 2.14. The van der Waals surface area contributed by atoms with E-state index in [1.165, 1.54) is 12.8 Å². The second kappa shape index (κ2) is 5.28. The average Bonchev–Trinajstić information content (AvgIpc) is 2.81. The molecule has 1 aliphatic rings. The first kappa shape index (κ1) is 10.6. The van der Waals surface area contributed by atoms with Crippen LogP contribution in [0.5, 0.6) is 0 Å². The van der Waals surface area contributed by atoms with Crippen LogP contribution < -0.4 is 10.6 Å². The number of aromatic nitrogens is 2. The van der Waals surface area contributed by atoms with Gasteiger partial charge in [0.05, 0.1) is 6.04 Å². The van der Waals surface area contributed by atoms with Gasteiger partial charge in [-0.05, 0) is 25.8 Å². The molecule has 0 aromatic carbocycles. The summed E-state index contributed by atoms with van der Waals surface area (Å²) < 4.78 is 0. The van der Waals surface area contributed by atoms with Crippen LogP contribution in [0.3, 0.4) is 0 Å². The molecule has 3 N–H and O–H groups in total. The maximum Gasteiger partial charge on any atom is 0.123 e. The minimum atomic E-state index is 0.366. The van der Waals surface area contributed by atoms with Crippen molar-refractivity contribution in [3.63, 3.8) is 0 Å².